The van der Waals surface area contributed by atoms with E-state index in [0.717, 1.165) is 11.8 Å². The Morgan fingerprint density at radius 1 is 1.42 bits per heavy atom. The van der Waals surface area contributed by atoms with Gasteiger partial charge in [0.2, 0.25) is 0 Å². The summed E-state index contributed by atoms with van der Waals surface area (Å²) < 4.78 is 29.5. The predicted molar refractivity (Wildman–Crippen MR) is 71.8 cm³/mol. The van der Waals surface area contributed by atoms with Gasteiger partial charge in [-0.2, -0.15) is 5.10 Å². The zero-order valence-corrected chi connectivity index (χ0v) is 11.5. The Morgan fingerprint density at radius 3 is 2.74 bits per heavy atom. The average molecular weight is 281 g/mol. The maximum Gasteiger partial charge on any atom is 0.178 e. The van der Waals surface area contributed by atoms with E-state index in [1.165, 1.54) is 12.4 Å². The van der Waals surface area contributed by atoms with Crippen LogP contribution in [0.25, 0.3) is 0 Å². The number of hydrogen-bond donors (Lipinski definition) is 1. The molecule has 2 N–H and O–H groups in total. The number of aromatic nitrogens is 2. The van der Waals surface area contributed by atoms with E-state index >= 15 is 0 Å². The van der Waals surface area contributed by atoms with Crippen molar-refractivity contribution in [3.05, 3.63) is 36.2 Å². The van der Waals surface area contributed by atoms with Gasteiger partial charge < -0.3 is 10.5 Å². The third-order valence-corrected chi connectivity index (χ3v) is 3.75. The van der Waals surface area contributed by atoms with E-state index in [1.54, 1.807) is 23.9 Å². The summed E-state index contributed by atoms with van der Waals surface area (Å²) in [5.74, 6) is 0.649. The predicted octanol–water partition coefficient (Wildman–Crippen LogP) is 0.926. The Morgan fingerprint density at radius 2 is 2.16 bits per heavy atom. The molecule has 0 radical (unpaired) electrons. The SMILES string of the molecule is COc1cc(N)ccc1Cn1cc(S(C)(=O)=O)cn1. The highest BCUT2D eigenvalue weighted by molar-refractivity contribution is 7.90. The number of nitrogens with zero attached hydrogens (tertiary/aromatic N) is 2. The highest BCUT2D eigenvalue weighted by Crippen LogP contribution is 2.22. The molecule has 0 aliphatic heterocycles. The molecule has 1 aromatic carbocycles. The first-order valence-electron chi connectivity index (χ1n) is 5.55. The van der Waals surface area contributed by atoms with Gasteiger partial charge in [-0.05, 0) is 6.07 Å². The van der Waals surface area contributed by atoms with Crippen LogP contribution in [-0.4, -0.2) is 31.6 Å². The summed E-state index contributed by atoms with van der Waals surface area (Å²) >= 11 is 0. The Kier molecular flexibility index (Phi) is 3.48. The minimum atomic E-state index is -3.23. The molecule has 0 unspecified atom stereocenters. The number of hydrogen-bond acceptors (Lipinski definition) is 5. The average Bonchev–Trinajstić information content (AvgIpc) is 2.79. The summed E-state index contributed by atoms with van der Waals surface area (Å²) in [6.07, 6.45) is 3.97. The maximum atomic E-state index is 11.4. The van der Waals surface area contributed by atoms with E-state index in [0.29, 0.717) is 18.0 Å². The molecule has 0 bridgehead atoms. The molecule has 0 saturated heterocycles. The molecule has 6 nitrogen and oxygen atoms in total. The zero-order chi connectivity index (χ0) is 14.0. The van der Waals surface area contributed by atoms with Crippen LogP contribution in [0.1, 0.15) is 5.56 Å². The minimum Gasteiger partial charge on any atom is -0.496 e. The number of ether oxygens (including phenoxy) is 1. The summed E-state index contributed by atoms with van der Waals surface area (Å²) in [4.78, 5) is 0.196. The molecule has 0 saturated carbocycles. The van der Waals surface area contributed by atoms with Crippen molar-refractivity contribution in [3.8, 4) is 5.75 Å². The van der Waals surface area contributed by atoms with Crippen LogP contribution in [0.3, 0.4) is 0 Å². The van der Waals surface area contributed by atoms with Crippen LogP contribution < -0.4 is 10.5 Å². The zero-order valence-electron chi connectivity index (χ0n) is 10.7. The molecule has 0 fully saturated rings. The van der Waals surface area contributed by atoms with Gasteiger partial charge in [0.15, 0.2) is 9.84 Å². The van der Waals surface area contributed by atoms with Crippen molar-refractivity contribution >= 4 is 15.5 Å². The quantitative estimate of drug-likeness (QED) is 0.842. The second kappa shape index (κ2) is 4.93. The van der Waals surface area contributed by atoms with Crippen molar-refractivity contribution in [1.82, 2.24) is 9.78 Å². The molecular formula is C12H15N3O3S. The number of sulfone groups is 1. The first kappa shape index (κ1) is 13.4. The Balaban J connectivity index is 2.29. The van der Waals surface area contributed by atoms with Crippen LogP contribution in [-0.2, 0) is 16.4 Å². The topological polar surface area (TPSA) is 87.2 Å². The van der Waals surface area contributed by atoms with Gasteiger partial charge in [0.1, 0.15) is 10.6 Å². The van der Waals surface area contributed by atoms with Crippen LogP contribution in [0.2, 0.25) is 0 Å². The summed E-state index contributed by atoms with van der Waals surface area (Å²) in [7, 11) is -1.67. The minimum absolute atomic E-state index is 0.196. The molecule has 0 amide bonds. The number of rotatable bonds is 4. The lowest BCUT2D eigenvalue weighted by Crippen LogP contribution is -2.03. The normalized spacial score (nSPS) is 11.5. The summed E-state index contributed by atoms with van der Waals surface area (Å²) in [6, 6.07) is 5.31. The maximum absolute atomic E-state index is 11.4. The van der Waals surface area contributed by atoms with Crippen LogP contribution >= 0.6 is 0 Å². The van der Waals surface area contributed by atoms with Crippen molar-refractivity contribution < 1.29 is 13.2 Å². The van der Waals surface area contributed by atoms with Crippen molar-refractivity contribution in [2.75, 3.05) is 19.1 Å². The van der Waals surface area contributed by atoms with Gasteiger partial charge in [-0.3, -0.25) is 4.68 Å². The lowest BCUT2D eigenvalue weighted by molar-refractivity contribution is 0.407. The fourth-order valence-corrected chi connectivity index (χ4v) is 2.24. The van der Waals surface area contributed by atoms with E-state index < -0.39 is 9.84 Å². The molecule has 0 spiro atoms. The molecule has 2 rings (SSSR count). The summed E-state index contributed by atoms with van der Waals surface area (Å²) in [5.41, 5.74) is 7.16. The molecule has 0 atom stereocenters. The van der Waals surface area contributed by atoms with Crippen molar-refractivity contribution in [1.29, 1.82) is 0 Å². The van der Waals surface area contributed by atoms with Gasteiger partial charge in [0, 0.05) is 29.8 Å². The molecule has 102 valence electrons. The fraction of sp³-hybridized carbons (Fsp3) is 0.250. The van der Waals surface area contributed by atoms with Crippen molar-refractivity contribution in [3.63, 3.8) is 0 Å². The lowest BCUT2D eigenvalue weighted by atomic mass is 10.2. The second-order valence-corrected chi connectivity index (χ2v) is 6.23. The van der Waals surface area contributed by atoms with E-state index in [-0.39, 0.29) is 4.90 Å². The number of methoxy groups -OCH3 is 1. The van der Waals surface area contributed by atoms with Gasteiger partial charge in [-0.15, -0.1) is 0 Å². The van der Waals surface area contributed by atoms with E-state index in [4.69, 9.17) is 10.5 Å². The van der Waals surface area contributed by atoms with Gasteiger partial charge in [0.25, 0.3) is 0 Å². The monoisotopic (exact) mass is 281 g/mol. The Bertz CT molecular complexity index is 692. The molecular weight excluding hydrogens is 266 g/mol. The van der Waals surface area contributed by atoms with Gasteiger partial charge >= 0.3 is 0 Å². The van der Waals surface area contributed by atoms with Gasteiger partial charge in [0.05, 0.1) is 19.9 Å². The Labute approximate surface area is 111 Å². The number of nitrogens with two attached hydrogens (primary N) is 1. The van der Waals surface area contributed by atoms with Crippen molar-refractivity contribution in [2.45, 2.75) is 11.4 Å². The lowest BCUT2D eigenvalue weighted by Gasteiger charge is -2.09. The third kappa shape index (κ3) is 3.05. The van der Waals surface area contributed by atoms with E-state index in [1.807, 2.05) is 6.07 Å². The highest BCUT2D eigenvalue weighted by atomic mass is 32.2. The third-order valence-electron chi connectivity index (χ3n) is 2.68. The van der Waals surface area contributed by atoms with E-state index in [9.17, 15) is 8.42 Å². The molecule has 2 aromatic rings. The Hall–Kier alpha value is -2.02. The fourth-order valence-electron chi connectivity index (χ4n) is 1.69. The molecule has 19 heavy (non-hydrogen) atoms. The van der Waals surface area contributed by atoms with Crippen LogP contribution in [0.15, 0.2) is 35.5 Å². The summed E-state index contributed by atoms with van der Waals surface area (Å²) in [6.45, 7) is 0.416. The van der Waals surface area contributed by atoms with Crippen LogP contribution in [0.4, 0.5) is 5.69 Å². The van der Waals surface area contributed by atoms with Gasteiger partial charge in [-0.25, -0.2) is 8.42 Å². The molecule has 1 aromatic heterocycles. The first-order valence-corrected chi connectivity index (χ1v) is 7.44. The number of nitrogen functional groups attached to an aromatic ring is 1. The van der Waals surface area contributed by atoms with Crippen LogP contribution in [0.5, 0.6) is 5.75 Å². The largest absolute Gasteiger partial charge is 0.496 e. The summed E-state index contributed by atoms with van der Waals surface area (Å²) in [5, 5.41) is 4.03. The van der Waals surface area contributed by atoms with Crippen molar-refractivity contribution in [2.24, 2.45) is 0 Å². The molecule has 7 heteroatoms. The molecule has 0 aliphatic carbocycles. The molecule has 1 heterocycles. The second-order valence-electron chi connectivity index (χ2n) is 4.22. The smallest absolute Gasteiger partial charge is 0.178 e. The standard InChI is InChI=1S/C12H15N3O3S/c1-18-12-5-10(13)4-3-9(12)7-15-8-11(6-14-15)19(2,16)17/h3-6,8H,7,13H2,1-2H3. The number of anilines is 1. The van der Waals surface area contributed by atoms with Gasteiger partial charge in [-0.1, -0.05) is 6.07 Å². The molecule has 0 aliphatic rings. The first-order chi connectivity index (χ1) is 8.90. The number of benzene rings is 1. The van der Waals surface area contributed by atoms with Crippen LogP contribution in [0, 0.1) is 0 Å². The van der Waals surface area contributed by atoms with E-state index in [2.05, 4.69) is 5.10 Å². The highest BCUT2D eigenvalue weighted by Gasteiger charge is 2.11.